The van der Waals surface area contributed by atoms with Gasteiger partial charge in [-0.05, 0) is 26.5 Å². The van der Waals surface area contributed by atoms with Gasteiger partial charge in [0.2, 0.25) is 0 Å². The Labute approximate surface area is 114 Å². The Morgan fingerprint density at radius 2 is 2.11 bits per heavy atom. The highest BCUT2D eigenvalue weighted by Gasteiger charge is 2.24. The zero-order chi connectivity index (χ0) is 13.8. The van der Waals surface area contributed by atoms with Gasteiger partial charge in [0.1, 0.15) is 11.6 Å². The third-order valence-corrected chi connectivity index (χ3v) is 3.19. The molecule has 1 N–H and O–H groups in total. The zero-order valence-corrected chi connectivity index (χ0v) is 11.8. The van der Waals surface area contributed by atoms with Crippen LogP contribution in [0.4, 0.5) is 10.2 Å². The van der Waals surface area contributed by atoms with Crippen molar-refractivity contribution in [1.82, 2.24) is 10.3 Å². The molecule has 1 fully saturated rings. The summed E-state index contributed by atoms with van der Waals surface area (Å²) in [4.78, 5) is 6.46. The molecule has 106 valence electrons. The van der Waals surface area contributed by atoms with E-state index in [4.69, 9.17) is 4.74 Å². The van der Waals surface area contributed by atoms with Crippen LogP contribution in [-0.2, 0) is 11.3 Å². The van der Waals surface area contributed by atoms with Crippen LogP contribution in [0.1, 0.15) is 26.3 Å². The summed E-state index contributed by atoms with van der Waals surface area (Å²) >= 11 is 0. The molecule has 2 heterocycles. The molecule has 0 unspecified atom stereocenters. The average molecular weight is 267 g/mol. The summed E-state index contributed by atoms with van der Waals surface area (Å²) in [6.07, 6.45) is 1.63. The van der Waals surface area contributed by atoms with E-state index < -0.39 is 0 Å². The monoisotopic (exact) mass is 267 g/mol. The quantitative estimate of drug-likeness (QED) is 0.904. The smallest absolute Gasteiger partial charge is 0.141 e. The predicted octanol–water partition coefficient (Wildman–Crippen LogP) is 1.94. The second-order valence-corrected chi connectivity index (χ2v) is 5.08. The van der Waals surface area contributed by atoms with Crippen molar-refractivity contribution in [2.75, 3.05) is 24.5 Å². The number of halogens is 1. The molecule has 19 heavy (non-hydrogen) atoms. The van der Waals surface area contributed by atoms with Gasteiger partial charge in [-0.2, -0.15) is 0 Å². The van der Waals surface area contributed by atoms with Gasteiger partial charge in [-0.25, -0.2) is 9.37 Å². The fraction of sp³-hybridized carbons (Fsp3) is 0.643. The lowest BCUT2D eigenvalue weighted by Crippen LogP contribution is -2.46. The molecule has 1 saturated heterocycles. The molecule has 2 rings (SSSR count). The Balaban J connectivity index is 2.22. The first-order chi connectivity index (χ1) is 9.10. The fourth-order valence-electron chi connectivity index (χ4n) is 2.50. The number of morpholine rings is 1. The molecule has 5 heteroatoms. The van der Waals surface area contributed by atoms with Gasteiger partial charge in [-0.1, -0.05) is 6.92 Å². The van der Waals surface area contributed by atoms with Crippen LogP contribution < -0.4 is 10.2 Å². The molecule has 1 aliphatic heterocycles. The van der Waals surface area contributed by atoms with E-state index in [1.807, 2.05) is 6.92 Å². The number of nitrogens with one attached hydrogen (secondary N) is 1. The van der Waals surface area contributed by atoms with Crippen molar-refractivity contribution in [3.63, 3.8) is 0 Å². The molecule has 1 aliphatic rings. The summed E-state index contributed by atoms with van der Waals surface area (Å²) in [6, 6.07) is 1.57. The summed E-state index contributed by atoms with van der Waals surface area (Å²) in [7, 11) is 0. The van der Waals surface area contributed by atoms with E-state index in [1.54, 1.807) is 6.07 Å². The van der Waals surface area contributed by atoms with E-state index >= 15 is 0 Å². The van der Waals surface area contributed by atoms with Gasteiger partial charge in [-0.15, -0.1) is 0 Å². The zero-order valence-electron chi connectivity index (χ0n) is 11.8. The number of hydrogen-bond acceptors (Lipinski definition) is 4. The summed E-state index contributed by atoms with van der Waals surface area (Å²) in [6.45, 7) is 9.21. The second-order valence-electron chi connectivity index (χ2n) is 5.08. The highest BCUT2D eigenvalue weighted by molar-refractivity contribution is 5.47. The van der Waals surface area contributed by atoms with Crippen LogP contribution >= 0.6 is 0 Å². The number of aromatic nitrogens is 1. The molecule has 1 aromatic heterocycles. The van der Waals surface area contributed by atoms with Gasteiger partial charge in [0.05, 0.1) is 18.4 Å². The minimum absolute atomic E-state index is 0.169. The number of anilines is 1. The van der Waals surface area contributed by atoms with Crippen molar-refractivity contribution in [2.45, 2.75) is 39.5 Å². The lowest BCUT2D eigenvalue weighted by molar-refractivity contribution is -0.00551. The molecule has 0 aromatic carbocycles. The van der Waals surface area contributed by atoms with Gasteiger partial charge in [0.15, 0.2) is 0 Å². The van der Waals surface area contributed by atoms with Crippen molar-refractivity contribution in [3.05, 3.63) is 23.6 Å². The Kier molecular flexibility index (Phi) is 4.71. The Morgan fingerprint density at radius 1 is 1.42 bits per heavy atom. The number of nitrogens with zero attached hydrogens (tertiary/aromatic N) is 2. The maximum Gasteiger partial charge on any atom is 0.141 e. The fourth-order valence-corrected chi connectivity index (χ4v) is 2.50. The van der Waals surface area contributed by atoms with Crippen LogP contribution in [0.15, 0.2) is 12.3 Å². The van der Waals surface area contributed by atoms with Gasteiger partial charge in [0, 0.05) is 25.2 Å². The predicted molar refractivity (Wildman–Crippen MR) is 73.8 cm³/mol. The third-order valence-electron chi connectivity index (χ3n) is 3.19. The molecule has 1 aromatic rings. The van der Waals surface area contributed by atoms with Crippen LogP contribution in [0.5, 0.6) is 0 Å². The molecule has 0 radical (unpaired) electrons. The lowest BCUT2D eigenvalue weighted by Gasteiger charge is -2.37. The van der Waals surface area contributed by atoms with E-state index in [-0.39, 0.29) is 18.0 Å². The molecule has 0 saturated carbocycles. The van der Waals surface area contributed by atoms with Crippen molar-refractivity contribution < 1.29 is 9.13 Å². The largest absolute Gasteiger partial charge is 0.372 e. The molecule has 0 aliphatic carbocycles. The third kappa shape index (κ3) is 3.64. The molecular formula is C14H22FN3O. The first kappa shape index (κ1) is 14.2. The lowest BCUT2D eigenvalue weighted by atomic mass is 10.2. The highest BCUT2D eigenvalue weighted by Crippen LogP contribution is 2.22. The van der Waals surface area contributed by atoms with Crippen molar-refractivity contribution in [3.8, 4) is 0 Å². The molecule has 0 spiro atoms. The first-order valence-electron chi connectivity index (χ1n) is 6.85. The second kappa shape index (κ2) is 6.30. The average Bonchev–Trinajstić information content (AvgIpc) is 2.35. The van der Waals surface area contributed by atoms with Gasteiger partial charge < -0.3 is 15.0 Å². The van der Waals surface area contributed by atoms with E-state index in [9.17, 15) is 4.39 Å². The molecule has 2 atom stereocenters. The van der Waals surface area contributed by atoms with Gasteiger partial charge in [-0.3, -0.25) is 0 Å². The van der Waals surface area contributed by atoms with Crippen LogP contribution in [0, 0.1) is 5.82 Å². The highest BCUT2D eigenvalue weighted by atomic mass is 19.1. The summed E-state index contributed by atoms with van der Waals surface area (Å²) in [5.41, 5.74) is 0.906. The minimum atomic E-state index is -0.286. The normalized spacial score (nSPS) is 23.7. The van der Waals surface area contributed by atoms with Crippen LogP contribution in [-0.4, -0.2) is 36.8 Å². The van der Waals surface area contributed by atoms with Crippen molar-refractivity contribution in [2.24, 2.45) is 0 Å². The van der Waals surface area contributed by atoms with Gasteiger partial charge >= 0.3 is 0 Å². The van der Waals surface area contributed by atoms with Gasteiger partial charge in [0.25, 0.3) is 0 Å². The molecule has 0 amide bonds. The van der Waals surface area contributed by atoms with E-state index in [2.05, 4.69) is 29.0 Å². The summed E-state index contributed by atoms with van der Waals surface area (Å²) in [5.74, 6) is 0.579. The molecule has 4 nitrogen and oxygen atoms in total. The number of hydrogen-bond donors (Lipinski definition) is 1. The Hall–Kier alpha value is -1.20. The summed E-state index contributed by atoms with van der Waals surface area (Å²) < 4.78 is 19.1. The molecular weight excluding hydrogens is 245 g/mol. The minimum Gasteiger partial charge on any atom is -0.372 e. The van der Waals surface area contributed by atoms with Crippen molar-refractivity contribution >= 4 is 5.82 Å². The van der Waals surface area contributed by atoms with Crippen LogP contribution in [0.25, 0.3) is 0 Å². The summed E-state index contributed by atoms with van der Waals surface area (Å²) in [5, 5.41) is 3.23. The Bertz CT molecular complexity index is 417. The number of ether oxygens (including phenoxy) is 1. The maximum atomic E-state index is 13.4. The van der Waals surface area contributed by atoms with Crippen LogP contribution in [0.3, 0.4) is 0 Å². The van der Waals surface area contributed by atoms with Crippen molar-refractivity contribution in [1.29, 1.82) is 0 Å². The van der Waals surface area contributed by atoms with E-state index in [0.717, 1.165) is 31.0 Å². The first-order valence-corrected chi connectivity index (χ1v) is 6.85. The Morgan fingerprint density at radius 3 is 2.74 bits per heavy atom. The van der Waals surface area contributed by atoms with E-state index in [1.165, 1.54) is 6.20 Å². The standard InChI is InChI=1S/C14H22FN3O/c1-4-16-6-12-5-13(15)7-17-14(12)18-8-10(2)19-11(3)9-18/h5,7,10-11,16H,4,6,8-9H2,1-3H3/t10-,11+. The van der Waals surface area contributed by atoms with E-state index in [0.29, 0.717) is 6.54 Å². The SMILES string of the molecule is CCNCc1cc(F)cnc1N1C[C@@H](C)O[C@@H](C)C1. The maximum absolute atomic E-state index is 13.4. The number of rotatable bonds is 4. The number of pyridine rings is 1. The topological polar surface area (TPSA) is 37.4 Å². The van der Waals surface area contributed by atoms with Crippen LogP contribution in [0.2, 0.25) is 0 Å². The molecule has 0 bridgehead atoms.